The van der Waals surface area contributed by atoms with Gasteiger partial charge in [0, 0.05) is 5.92 Å². The predicted molar refractivity (Wildman–Crippen MR) is 151 cm³/mol. The molecule has 0 saturated carbocycles. The normalized spacial score (nSPS) is 13.3. The van der Waals surface area contributed by atoms with Crippen LogP contribution in [0.25, 0.3) is 0 Å². The largest absolute Gasteiger partial charge is 0.508 e. The van der Waals surface area contributed by atoms with Crippen LogP contribution in [0.3, 0.4) is 0 Å². The van der Waals surface area contributed by atoms with E-state index in [-0.39, 0.29) is 28.4 Å². The van der Waals surface area contributed by atoms with Crippen molar-refractivity contribution in [3.05, 3.63) is 87.0 Å². The molecule has 0 radical (unpaired) electrons. The van der Waals surface area contributed by atoms with Gasteiger partial charge in [-0.25, -0.2) is 0 Å². The summed E-state index contributed by atoms with van der Waals surface area (Å²) in [6, 6.07) is 13.8. The Kier molecular flexibility index (Phi) is 7.56. The highest BCUT2D eigenvalue weighted by molar-refractivity contribution is 5.53. The second-order valence-corrected chi connectivity index (χ2v) is 12.7. The maximum Gasteiger partial charge on any atom is 0.119 e. The summed E-state index contributed by atoms with van der Waals surface area (Å²) in [5.74, 6) is 1.25. The van der Waals surface area contributed by atoms with Crippen LogP contribution in [0.15, 0.2) is 42.5 Å². The van der Waals surface area contributed by atoms with E-state index in [1.165, 1.54) is 16.7 Å². The van der Waals surface area contributed by atoms with Crippen LogP contribution in [-0.2, 0) is 10.8 Å². The Hall–Kier alpha value is -2.94. The third-order valence-electron chi connectivity index (χ3n) is 7.51. The van der Waals surface area contributed by atoms with Gasteiger partial charge in [-0.3, -0.25) is 0 Å². The minimum atomic E-state index is -0.198. The van der Waals surface area contributed by atoms with Gasteiger partial charge in [0.15, 0.2) is 0 Å². The van der Waals surface area contributed by atoms with Crippen LogP contribution in [0.1, 0.15) is 111 Å². The first-order valence-electron chi connectivity index (χ1n) is 13.0. The van der Waals surface area contributed by atoms with Crippen LogP contribution in [0.4, 0.5) is 0 Å². The standard InChI is InChI=1S/C33H44O3/c1-19-13-23(34)11-12-24(19)20(2)14-27(25-17-28(32(5,6)7)30(35)15-21(25)3)26-18-29(33(8,9)10)31(36)16-22(26)4/h11-13,15-18,20,27,34-36H,14H2,1-10H3. The van der Waals surface area contributed by atoms with Gasteiger partial charge in [-0.2, -0.15) is 0 Å². The second kappa shape index (κ2) is 9.84. The molecule has 3 N–H and O–H groups in total. The van der Waals surface area contributed by atoms with E-state index >= 15 is 0 Å². The molecule has 0 fully saturated rings. The smallest absolute Gasteiger partial charge is 0.119 e. The number of aryl methyl sites for hydroxylation is 3. The van der Waals surface area contributed by atoms with E-state index in [0.717, 1.165) is 34.2 Å². The maximum absolute atomic E-state index is 10.8. The van der Waals surface area contributed by atoms with Crippen molar-refractivity contribution < 1.29 is 15.3 Å². The SMILES string of the molecule is Cc1cc(O)ccc1C(C)CC(c1cc(C(C)(C)C)c(O)cc1C)c1cc(C(C)(C)C)c(O)cc1C. The van der Waals surface area contributed by atoms with Crippen LogP contribution in [0, 0.1) is 20.8 Å². The van der Waals surface area contributed by atoms with E-state index in [9.17, 15) is 15.3 Å². The van der Waals surface area contributed by atoms with Gasteiger partial charge in [0.05, 0.1) is 0 Å². The van der Waals surface area contributed by atoms with Gasteiger partial charge >= 0.3 is 0 Å². The van der Waals surface area contributed by atoms with Gasteiger partial charge in [0.2, 0.25) is 0 Å². The fourth-order valence-corrected chi connectivity index (χ4v) is 5.49. The van der Waals surface area contributed by atoms with E-state index in [1.807, 2.05) is 31.2 Å². The van der Waals surface area contributed by atoms with Crippen LogP contribution < -0.4 is 0 Å². The first-order valence-corrected chi connectivity index (χ1v) is 13.0. The molecule has 3 aromatic carbocycles. The molecule has 194 valence electrons. The highest BCUT2D eigenvalue weighted by Crippen LogP contribution is 2.44. The molecule has 3 nitrogen and oxygen atoms in total. The van der Waals surface area contributed by atoms with Gasteiger partial charge in [0.25, 0.3) is 0 Å². The van der Waals surface area contributed by atoms with E-state index in [2.05, 4.69) is 74.4 Å². The average molecular weight is 489 g/mol. The van der Waals surface area contributed by atoms with Crippen LogP contribution >= 0.6 is 0 Å². The van der Waals surface area contributed by atoms with Crippen molar-refractivity contribution in [3.8, 4) is 17.2 Å². The summed E-state index contributed by atoms with van der Waals surface area (Å²) in [5, 5.41) is 31.6. The number of benzene rings is 3. The van der Waals surface area contributed by atoms with Crippen molar-refractivity contribution in [1.82, 2.24) is 0 Å². The number of hydrogen-bond acceptors (Lipinski definition) is 3. The lowest BCUT2D eigenvalue weighted by atomic mass is 9.74. The highest BCUT2D eigenvalue weighted by Gasteiger charge is 2.28. The molecule has 0 aromatic heterocycles. The third kappa shape index (κ3) is 5.72. The Balaban J connectivity index is 2.27. The fraction of sp³-hybridized carbons (Fsp3) is 0.455. The maximum atomic E-state index is 10.8. The Labute approximate surface area is 217 Å². The number of rotatable bonds is 5. The van der Waals surface area contributed by atoms with Gasteiger partial charge in [0.1, 0.15) is 17.2 Å². The molecule has 0 heterocycles. The van der Waals surface area contributed by atoms with E-state index in [1.54, 1.807) is 6.07 Å². The molecule has 0 saturated heterocycles. The van der Waals surface area contributed by atoms with Gasteiger partial charge in [-0.05, 0) is 113 Å². The molecule has 1 atom stereocenters. The first-order chi connectivity index (χ1) is 16.5. The number of phenols is 3. The van der Waals surface area contributed by atoms with Gasteiger partial charge < -0.3 is 15.3 Å². The molecule has 3 heteroatoms. The van der Waals surface area contributed by atoms with Crippen molar-refractivity contribution in [2.75, 3.05) is 0 Å². The average Bonchev–Trinajstić information content (AvgIpc) is 2.70. The second-order valence-electron chi connectivity index (χ2n) is 12.7. The molecule has 0 amide bonds. The molecule has 0 aliphatic rings. The lowest BCUT2D eigenvalue weighted by molar-refractivity contribution is 0.444. The fourth-order valence-electron chi connectivity index (χ4n) is 5.49. The van der Waals surface area contributed by atoms with E-state index in [4.69, 9.17) is 0 Å². The summed E-state index contributed by atoms with van der Waals surface area (Å²) in [7, 11) is 0. The molecular weight excluding hydrogens is 444 g/mol. The lowest BCUT2D eigenvalue weighted by Gasteiger charge is -2.30. The Morgan fingerprint density at radius 3 is 1.42 bits per heavy atom. The summed E-state index contributed by atoms with van der Waals surface area (Å²) < 4.78 is 0. The lowest BCUT2D eigenvalue weighted by Crippen LogP contribution is -2.17. The summed E-state index contributed by atoms with van der Waals surface area (Å²) in [6.45, 7) is 21.2. The molecule has 3 aromatic rings. The zero-order valence-electron chi connectivity index (χ0n) is 23.7. The predicted octanol–water partition coefficient (Wildman–Crippen LogP) is 8.65. The molecule has 0 spiro atoms. The van der Waals surface area contributed by atoms with E-state index < -0.39 is 0 Å². The van der Waals surface area contributed by atoms with E-state index in [0.29, 0.717) is 11.5 Å². The minimum absolute atomic E-state index is 0.0663. The van der Waals surface area contributed by atoms with Crippen LogP contribution in [0.5, 0.6) is 17.2 Å². The molecule has 36 heavy (non-hydrogen) atoms. The Bertz CT molecular complexity index is 1190. The number of aromatic hydroxyl groups is 3. The molecule has 0 bridgehead atoms. The molecule has 3 rings (SSSR count). The molecule has 0 aliphatic heterocycles. The Morgan fingerprint density at radius 2 is 1.03 bits per heavy atom. The zero-order valence-corrected chi connectivity index (χ0v) is 23.7. The summed E-state index contributed by atoms with van der Waals surface area (Å²) in [4.78, 5) is 0. The summed E-state index contributed by atoms with van der Waals surface area (Å²) in [6.07, 6.45) is 0.857. The van der Waals surface area contributed by atoms with Crippen molar-refractivity contribution in [3.63, 3.8) is 0 Å². The van der Waals surface area contributed by atoms with Crippen LogP contribution in [-0.4, -0.2) is 15.3 Å². The molecule has 1 unspecified atom stereocenters. The topological polar surface area (TPSA) is 60.7 Å². The first kappa shape index (κ1) is 27.6. The van der Waals surface area contributed by atoms with Crippen molar-refractivity contribution >= 4 is 0 Å². The number of phenolic OH excluding ortho intramolecular Hbond substituents is 3. The third-order valence-corrected chi connectivity index (χ3v) is 7.51. The molecule has 0 aliphatic carbocycles. The quantitative estimate of drug-likeness (QED) is 0.337. The van der Waals surface area contributed by atoms with Gasteiger partial charge in [-0.1, -0.05) is 66.7 Å². The minimum Gasteiger partial charge on any atom is -0.508 e. The van der Waals surface area contributed by atoms with Crippen molar-refractivity contribution in [2.24, 2.45) is 0 Å². The molecular formula is C33H44O3. The highest BCUT2D eigenvalue weighted by atomic mass is 16.3. The van der Waals surface area contributed by atoms with Gasteiger partial charge in [-0.15, -0.1) is 0 Å². The van der Waals surface area contributed by atoms with Crippen LogP contribution in [0.2, 0.25) is 0 Å². The monoisotopic (exact) mass is 488 g/mol. The zero-order chi connectivity index (χ0) is 27.2. The summed E-state index contributed by atoms with van der Waals surface area (Å²) in [5.41, 5.74) is 8.31. The van der Waals surface area contributed by atoms with Crippen molar-refractivity contribution in [1.29, 1.82) is 0 Å². The number of hydrogen-bond donors (Lipinski definition) is 3. The van der Waals surface area contributed by atoms with Crippen molar-refractivity contribution in [2.45, 2.75) is 98.3 Å². The summed E-state index contributed by atoms with van der Waals surface area (Å²) >= 11 is 0. The Morgan fingerprint density at radius 1 is 0.611 bits per heavy atom.